The highest BCUT2D eigenvalue weighted by Gasteiger charge is 2.25. The Morgan fingerprint density at radius 2 is 2.09 bits per heavy atom. The fourth-order valence-corrected chi connectivity index (χ4v) is 1.88. The number of nitrogens with one attached hydrogen (secondary N) is 1. The Balaban J connectivity index is 2.41. The normalized spacial score (nSPS) is 10.4. The average Bonchev–Trinajstić information content (AvgIpc) is 2.46. The second-order valence-electron chi connectivity index (χ2n) is 5.06. The molecule has 120 valence electrons. The summed E-state index contributed by atoms with van der Waals surface area (Å²) in [4.78, 5) is 29.9. The number of ketones is 1. The van der Waals surface area contributed by atoms with Crippen LogP contribution in [-0.4, -0.2) is 26.8 Å². The number of nitrogens with zero attached hydrogens (tertiary/aromatic N) is 3. The fraction of sp³-hybridized carbons (Fsp3) is 0.267. The lowest BCUT2D eigenvalue weighted by Crippen LogP contribution is -2.11. The number of hydrogen-bond acceptors (Lipinski definition) is 7. The number of carbonyl (C=O) groups excluding carboxylic acids is 1. The summed E-state index contributed by atoms with van der Waals surface area (Å²) in [6.07, 6.45) is 0.916. The Kier molecular flexibility index (Phi) is 4.85. The van der Waals surface area contributed by atoms with Gasteiger partial charge in [0.25, 0.3) is 5.88 Å². The van der Waals surface area contributed by atoms with E-state index in [1.165, 1.54) is 13.3 Å². The topological polar surface area (TPSA) is 107 Å². The molecular weight excluding hydrogens is 300 g/mol. The van der Waals surface area contributed by atoms with Gasteiger partial charge >= 0.3 is 5.69 Å². The number of rotatable bonds is 6. The molecule has 0 atom stereocenters. The molecule has 0 radical (unpaired) electrons. The molecule has 2 rings (SSSR count). The second-order valence-corrected chi connectivity index (χ2v) is 5.06. The highest BCUT2D eigenvalue weighted by Crippen LogP contribution is 2.33. The number of ether oxygens (including phenoxy) is 1. The Hall–Kier alpha value is -3.03. The quantitative estimate of drug-likeness (QED) is 0.495. The Morgan fingerprint density at radius 3 is 2.70 bits per heavy atom. The number of aromatic nitrogens is 2. The van der Waals surface area contributed by atoms with Gasteiger partial charge < -0.3 is 10.1 Å². The number of nitro groups is 1. The summed E-state index contributed by atoms with van der Waals surface area (Å²) in [5.74, 6) is -0.207. The van der Waals surface area contributed by atoms with E-state index in [1.807, 2.05) is 0 Å². The zero-order valence-corrected chi connectivity index (χ0v) is 12.9. The van der Waals surface area contributed by atoms with E-state index in [4.69, 9.17) is 4.74 Å². The Labute approximate surface area is 132 Å². The van der Waals surface area contributed by atoms with Crippen molar-refractivity contribution in [3.63, 3.8) is 0 Å². The third kappa shape index (κ3) is 4.00. The van der Waals surface area contributed by atoms with Crippen LogP contribution in [0.2, 0.25) is 0 Å². The van der Waals surface area contributed by atoms with Gasteiger partial charge in [-0.1, -0.05) is 12.1 Å². The molecular formula is C15H16N4O4. The SMILES string of the molecule is CC(=O)c1cccc(Nc2ncnc(OC(C)C)c2[N+](=O)[O-])c1. The maximum Gasteiger partial charge on any atom is 0.373 e. The monoisotopic (exact) mass is 316 g/mol. The minimum absolute atomic E-state index is 0.00125. The van der Waals surface area contributed by atoms with Crippen molar-refractivity contribution in [2.45, 2.75) is 26.9 Å². The zero-order chi connectivity index (χ0) is 17.0. The highest BCUT2D eigenvalue weighted by molar-refractivity contribution is 5.95. The van der Waals surface area contributed by atoms with E-state index in [9.17, 15) is 14.9 Å². The van der Waals surface area contributed by atoms with Gasteiger partial charge in [0.1, 0.15) is 6.33 Å². The van der Waals surface area contributed by atoms with Crippen molar-refractivity contribution in [1.29, 1.82) is 0 Å². The van der Waals surface area contributed by atoms with Gasteiger partial charge in [-0.2, -0.15) is 4.98 Å². The molecule has 1 aromatic carbocycles. The van der Waals surface area contributed by atoms with Gasteiger partial charge in [0.2, 0.25) is 5.82 Å². The number of hydrogen-bond donors (Lipinski definition) is 1. The zero-order valence-electron chi connectivity index (χ0n) is 12.9. The molecule has 0 aliphatic heterocycles. The van der Waals surface area contributed by atoms with Gasteiger partial charge in [-0.15, -0.1) is 0 Å². The first-order valence-corrected chi connectivity index (χ1v) is 6.92. The largest absolute Gasteiger partial charge is 0.470 e. The van der Waals surface area contributed by atoms with Gasteiger partial charge in [-0.25, -0.2) is 4.98 Å². The minimum Gasteiger partial charge on any atom is -0.470 e. The first-order valence-electron chi connectivity index (χ1n) is 6.92. The summed E-state index contributed by atoms with van der Waals surface area (Å²) in [5, 5.41) is 14.2. The van der Waals surface area contributed by atoms with Crippen LogP contribution in [0.25, 0.3) is 0 Å². The van der Waals surface area contributed by atoms with E-state index < -0.39 is 4.92 Å². The molecule has 23 heavy (non-hydrogen) atoms. The summed E-state index contributed by atoms with van der Waals surface area (Å²) in [5.41, 5.74) is 0.648. The molecule has 8 nitrogen and oxygen atoms in total. The van der Waals surface area contributed by atoms with Crippen LogP contribution >= 0.6 is 0 Å². The van der Waals surface area contributed by atoms with Crippen LogP contribution in [0.3, 0.4) is 0 Å². The number of Topliss-reactive ketones (excluding diaryl/α,β-unsaturated/α-hetero) is 1. The fourth-order valence-electron chi connectivity index (χ4n) is 1.88. The van der Waals surface area contributed by atoms with E-state index in [2.05, 4.69) is 15.3 Å². The molecule has 8 heteroatoms. The van der Waals surface area contributed by atoms with Gasteiger partial charge in [0.05, 0.1) is 11.0 Å². The summed E-state index contributed by atoms with van der Waals surface area (Å²) in [6.45, 7) is 4.94. The van der Waals surface area contributed by atoms with E-state index >= 15 is 0 Å². The van der Waals surface area contributed by atoms with Crippen LogP contribution in [0.4, 0.5) is 17.2 Å². The van der Waals surface area contributed by atoms with E-state index in [0.717, 1.165) is 0 Å². The number of carbonyl (C=O) groups is 1. The molecule has 1 N–H and O–H groups in total. The summed E-state index contributed by atoms with van der Waals surface area (Å²) in [6, 6.07) is 6.62. The maximum atomic E-state index is 11.4. The van der Waals surface area contributed by atoms with Crippen LogP contribution < -0.4 is 10.1 Å². The summed E-state index contributed by atoms with van der Waals surface area (Å²) >= 11 is 0. The van der Waals surface area contributed by atoms with Gasteiger partial charge in [-0.05, 0) is 32.9 Å². The lowest BCUT2D eigenvalue weighted by atomic mass is 10.1. The smallest absolute Gasteiger partial charge is 0.373 e. The number of anilines is 2. The number of benzene rings is 1. The van der Waals surface area contributed by atoms with E-state index in [-0.39, 0.29) is 29.3 Å². The van der Waals surface area contributed by atoms with E-state index in [0.29, 0.717) is 11.3 Å². The molecule has 0 amide bonds. The lowest BCUT2D eigenvalue weighted by Gasteiger charge is -2.11. The molecule has 0 fully saturated rings. The van der Waals surface area contributed by atoms with Crippen molar-refractivity contribution >= 4 is 23.0 Å². The molecule has 0 unspecified atom stereocenters. The molecule has 0 bridgehead atoms. The first kappa shape index (κ1) is 16.3. The third-order valence-electron chi connectivity index (χ3n) is 2.85. The van der Waals surface area contributed by atoms with Crippen LogP contribution in [0, 0.1) is 10.1 Å². The first-order chi connectivity index (χ1) is 10.9. The molecule has 0 saturated heterocycles. The molecule has 0 saturated carbocycles. The predicted octanol–water partition coefficient (Wildman–Crippen LogP) is 3.12. The van der Waals surface area contributed by atoms with Crippen LogP contribution in [0.1, 0.15) is 31.1 Å². The van der Waals surface area contributed by atoms with Crippen LogP contribution in [-0.2, 0) is 0 Å². The third-order valence-corrected chi connectivity index (χ3v) is 2.85. The minimum atomic E-state index is -0.602. The van der Waals surface area contributed by atoms with Gasteiger partial charge in [0, 0.05) is 11.3 Å². The van der Waals surface area contributed by atoms with Gasteiger partial charge in [-0.3, -0.25) is 14.9 Å². The standard InChI is InChI=1S/C15H16N4O4/c1-9(2)23-15-13(19(21)22)14(16-8-17-15)18-12-6-4-5-11(7-12)10(3)20/h4-9H,1-3H3,(H,16,17,18). The highest BCUT2D eigenvalue weighted by atomic mass is 16.6. The maximum absolute atomic E-state index is 11.4. The van der Waals surface area contributed by atoms with Crippen molar-refractivity contribution < 1.29 is 14.5 Å². The summed E-state index contributed by atoms with van der Waals surface area (Å²) in [7, 11) is 0. The van der Waals surface area contributed by atoms with Crippen LogP contribution in [0.5, 0.6) is 5.88 Å². The molecule has 2 aromatic rings. The second kappa shape index (κ2) is 6.82. The lowest BCUT2D eigenvalue weighted by molar-refractivity contribution is -0.385. The Morgan fingerprint density at radius 1 is 1.35 bits per heavy atom. The molecule has 1 aromatic heterocycles. The van der Waals surface area contributed by atoms with Crippen molar-refractivity contribution in [3.05, 3.63) is 46.3 Å². The van der Waals surface area contributed by atoms with Gasteiger partial charge in [0.15, 0.2) is 5.78 Å². The molecule has 0 aliphatic carbocycles. The van der Waals surface area contributed by atoms with E-state index in [1.54, 1.807) is 38.1 Å². The van der Waals surface area contributed by atoms with Crippen molar-refractivity contribution in [2.75, 3.05) is 5.32 Å². The van der Waals surface area contributed by atoms with Crippen molar-refractivity contribution in [1.82, 2.24) is 9.97 Å². The van der Waals surface area contributed by atoms with Crippen LogP contribution in [0.15, 0.2) is 30.6 Å². The van der Waals surface area contributed by atoms with Crippen molar-refractivity contribution in [2.24, 2.45) is 0 Å². The molecule has 1 heterocycles. The molecule has 0 aliphatic rings. The Bertz CT molecular complexity index is 746. The van der Waals surface area contributed by atoms with Crippen molar-refractivity contribution in [3.8, 4) is 5.88 Å². The summed E-state index contributed by atoms with van der Waals surface area (Å²) < 4.78 is 5.36. The molecule has 0 spiro atoms. The average molecular weight is 316 g/mol. The predicted molar refractivity (Wildman–Crippen MR) is 84.2 cm³/mol.